The van der Waals surface area contributed by atoms with Gasteiger partial charge in [-0.15, -0.1) is 10.2 Å². The number of anilines is 1. The molecule has 168 valence electrons. The number of nitrogens with one attached hydrogen (secondary N) is 1. The molecule has 0 atom stereocenters. The van der Waals surface area contributed by atoms with E-state index < -0.39 is 0 Å². The Balaban J connectivity index is 1.48. The summed E-state index contributed by atoms with van der Waals surface area (Å²) in [7, 11) is 1.61. The second-order valence-electron chi connectivity index (χ2n) is 7.31. The van der Waals surface area contributed by atoms with Crippen LogP contribution in [0.25, 0.3) is 17.1 Å². The molecule has 0 aliphatic rings. The zero-order valence-corrected chi connectivity index (χ0v) is 19.1. The molecule has 0 saturated heterocycles. The number of halogens is 1. The zero-order valence-electron chi connectivity index (χ0n) is 18.3. The van der Waals surface area contributed by atoms with Crippen molar-refractivity contribution >= 4 is 23.4 Å². The first kappa shape index (κ1) is 22.5. The number of rotatable bonds is 8. The monoisotopic (exact) mass is 462 g/mol. The maximum absolute atomic E-state index is 13.4. The molecule has 1 N–H and O–H groups in total. The number of aryl methyl sites for hydroxylation is 1. The second kappa shape index (κ2) is 10.3. The normalized spacial score (nSPS) is 10.8. The highest BCUT2D eigenvalue weighted by molar-refractivity contribution is 7.99. The second-order valence-corrected chi connectivity index (χ2v) is 8.37. The number of hydrogen-bond donors (Lipinski definition) is 1. The number of hydrogen-bond acceptors (Lipinski definition) is 5. The number of carbonyl (C=O) groups excluding carboxylic acids is 1. The first-order valence-corrected chi connectivity index (χ1v) is 11.4. The van der Waals surface area contributed by atoms with Gasteiger partial charge in [0.05, 0.1) is 7.11 Å². The van der Waals surface area contributed by atoms with E-state index >= 15 is 0 Å². The van der Waals surface area contributed by atoms with Crippen LogP contribution in [-0.4, -0.2) is 33.5 Å². The summed E-state index contributed by atoms with van der Waals surface area (Å²) in [6.45, 7) is 1.92. The number of carbonyl (C=O) groups is 1. The standard InChI is InChI=1S/C25H23FN4O2S/c1-17-16-21(32-2)12-13-22(17)27-23(31)14-15-33-25-29-28-24(18-8-10-19(26)11-9-18)30(25)20-6-4-3-5-7-20/h3-13,16H,14-15H2,1-2H3,(H,27,31). The predicted octanol–water partition coefficient (Wildman–Crippen LogP) is 5.51. The Hall–Kier alpha value is -3.65. The molecule has 8 heteroatoms. The molecule has 6 nitrogen and oxygen atoms in total. The third kappa shape index (κ3) is 5.40. The minimum absolute atomic E-state index is 0.0831. The molecule has 4 rings (SSSR count). The highest BCUT2D eigenvalue weighted by Crippen LogP contribution is 2.28. The Morgan fingerprint density at radius 3 is 2.52 bits per heavy atom. The van der Waals surface area contributed by atoms with Gasteiger partial charge in [0, 0.05) is 29.1 Å². The van der Waals surface area contributed by atoms with Crippen LogP contribution < -0.4 is 10.1 Å². The summed E-state index contributed by atoms with van der Waals surface area (Å²) in [6.07, 6.45) is 0.309. The van der Waals surface area contributed by atoms with E-state index in [2.05, 4.69) is 15.5 Å². The number of para-hydroxylation sites is 1. The molecule has 0 saturated carbocycles. The molecule has 0 aliphatic carbocycles. The highest BCUT2D eigenvalue weighted by atomic mass is 32.2. The molecule has 0 spiro atoms. The van der Waals surface area contributed by atoms with Crippen molar-refractivity contribution in [3.63, 3.8) is 0 Å². The number of thioether (sulfide) groups is 1. The van der Waals surface area contributed by atoms with E-state index in [9.17, 15) is 9.18 Å². The average molecular weight is 463 g/mol. The van der Waals surface area contributed by atoms with E-state index in [1.807, 2.05) is 60.0 Å². The van der Waals surface area contributed by atoms with E-state index in [0.29, 0.717) is 23.2 Å². The average Bonchev–Trinajstić information content (AvgIpc) is 3.25. The summed E-state index contributed by atoms with van der Waals surface area (Å²) in [5, 5.41) is 12.3. The smallest absolute Gasteiger partial charge is 0.225 e. The van der Waals surface area contributed by atoms with Crippen LogP contribution >= 0.6 is 11.8 Å². The zero-order chi connectivity index (χ0) is 23.2. The summed E-state index contributed by atoms with van der Waals surface area (Å²) in [6, 6.07) is 21.4. The third-order valence-electron chi connectivity index (χ3n) is 5.02. The number of benzene rings is 3. The fraction of sp³-hybridized carbons (Fsp3) is 0.160. The molecule has 1 amide bonds. The maximum Gasteiger partial charge on any atom is 0.225 e. The van der Waals surface area contributed by atoms with Crippen molar-refractivity contribution < 1.29 is 13.9 Å². The quantitative estimate of drug-likeness (QED) is 0.350. The van der Waals surface area contributed by atoms with E-state index in [0.717, 1.165) is 28.3 Å². The Labute approximate surface area is 195 Å². The molecule has 0 aliphatic heterocycles. The molecule has 0 fully saturated rings. The van der Waals surface area contributed by atoms with Crippen LogP contribution in [-0.2, 0) is 4.79 Å². The summed E-state index contributed by atoms with van der Waals surface area (Å²) in [4.78, 5) is 12.5. The lowest BCUT2D eigenvalue weighted by atomic mass is 10.2. The number of nitrogens with zero attached hydrogens (tertiary/aromatic N) is 3. The molecule has 1 heterocycles. The van der Waals surface area contributed by atoms with Gasteiger partial charge in [0.1, 0.15) is 11.6 Å². The van der Waals surface area contributed by atoms with Crippen molar-refractivity contribution in [1.29, 1.82) is 0 Å². The first-order chi connectivity index (χ1) is 16.0. The van der Waals surface area contributed by atoms with Crippen LogP contribution in [0.15, 0.2) is 78.0 Å². The number of amides is 1. The van der Waals surface area contributed by atoms with Gasteiger partial charge in [-0.3, -0.25) is 9.36 Å². The predicted molar refractivity (Wildman–Crippen MR) is 128 cm³/mol. The molecule has 33 heavy (non-hydrogen) atoms. The van der Waals surface area contributed by atoms with Gasteiger partial charge in [0.2, 0.25) is 5.91 Å². The molecule has 0 bridgehead atoms. The fourth-order valence-corrected chi connectivity index (χ4v) is 4.20. The lowest BCUT2D eigenvalue weighted by Crippen LogP contribution is -2.13. The SMILES string of the molecule is COc1ccc(NC(=O)CCSc2nnc(-c3ccc(F)cc3)n2-c2ccccc2)c(C)c1. The Morgan fingerprint density at radius 2 is 1.82 bits per heavy atom. The van der Waals surface area contributed by atoms with E-state index in [1.54, 1.807) is 19.2 Å². The third-order valence-corrected chi connectivity index (χ3v) is 5.95. The van der Waals surface area contributed by atoms with Gasteiger partial charge in [0.15, 0.2) is 11.0 Å². The Morgan fingerprint density at radius 1 is 1.06 bits per heavy atom. The minimum Gasteiger partial charge on any atom is -0.497 e. The van der Waals surface area contributed by atoms with Gasteiger partial charge in [0.25, 0.3) is 0 Å². The topological polar surface area (TPSA) is 69.0 Å². The molecule has 3 aromatic carbocycles. The van der Waals surface area contributed by atoms with Crippen molar-refractivity contribution in [3.8, 4) is 22.8 Å². The Bertz CT molecular complexity index is 1240. The summed E-state index contributed by atoms with van der Waals surface area (Å²) in [5.41, 5.74) is 3.34. The van der Waals surface area contributed by atoms with E-state index in [4.69, 9.17) is 4.74 Å². The molecule has 1 aromatic heterocycles. The van der Waals surface area contributed by atoms with Gasteiger partial charge in [-0.2, -0.15) is 0 Å². The highest BCUT2D eigenvalue weighted by Gasteiger charge is 2.17. The lowest BCUT2D eigenvalue weighted by molar-refractivity contribution is -0.115. The van der Waals surface area contributed by atoms with Gasteiger partial charge in [-0.25, -0.2) is 4.39 Å². The van der Waals surface area contributed by atoms with Crippen LogP contribution in [0.1, 0.15) is 12.0 Å². The molecule has 4 aromatic rings. The van der Waals surface area contributed by atoms with Crippen LogP contribution in [0.2, 0.25) is 0 Å². The van der Waals surface area contributed by atoms with E-state index in [-0.39, 0.29) is 11.7 Å². The number of ether oxygens (including phenoxy) is 1. The van der Waals surface area contributed by atoms with Crippen LogP contribution in [0.4, 0.5) is 10.1 Å². The maximum atomic E-state index is 13.4. The van der Waals surface area contributed by atoms with Crippen molar-refractivity contribution in [3.05, 3.63) is 84.2 Å². The minimum atomic E-state index is -0.308. The summed E-state index contributed by atoms with van der Waals surface area (Å²) in [5.74, 6) is 1.49. The number of aromatic nitrogens is 3. The van der Waals surface area contributed by atoms with E-state index in [1.165, 1.54) is 23.9 Å². The van der Waals surface area contributed by atoms with Gasteiger partial charge >= 0.3 is 0 Å². The van der Waals surface area contributed by atoms with Crippen molar-refractivity contribution in [1.82, 2.24) is 14.8 Å². The lowest BCUT2D eigenvalue weighted by Gasteiger charge is -2.11. The summed E-state index contributed by atoms with van der Waals surface area (Å²) >= 11 is 1.44. The first-order valence-electron chi connectivity index (χ1n) is 10.4. The van der Waals surface area contributed by atoms with Crippen molar-refractivity contribution in [2.75, 3.05) is 18.2 Å². The van der Waals surface area contributed by atoms with Crippen LogP contribution in [0.3, 0.4) is 0 Å². The summed E-state index contributed by atoms with van der Waals surface area (Å²) < 4.78 is 20.5. The molecular weight excluding hydrogens is 439 g/mol. The molecule has 0 unspecified atom stereocenters. The van der Waals surface area contributed by atoms with Crippen molar-refractivity contribution in [2.45, 2.75) is 18.5 Å². The fourth-order valence-electron chi connectivity index (χ4n) is 3.31. The van der Waals surface area contributed by atoms with Gasteiger partial charge in [-0.05, 0) is 67.1 Å². The van der Waals surface area contributed by atoms with Crippen LogP contribution in [0.5, 0.6) is 5.75 Å². The Kier molecular flexibility index (Phi) is 7.04. The number of methoxy groups -OCH3 is 1. The molecule has 0 radical (unpaired) electrons. The van der Waals surface area contributed by atoms with Gasteiger partial charge in [-0.1, -0.05) is 30.0 Å². The molecular formula is C25H23FN4O2S. The van der Waals surface area contributed by atoms with Crippen LogP contribution in [0, 0.1) is 12.7 Å². The van der Waals surface area contributed by atoms with Crippen molar-refractivity contribution in [2.24, 2.45) is 0 Å². The largest absolute Gasteiger partial charge is 0.497 e. The van der Waals surface area contributed by atoms with Gasteiger partial charge < -0.3 is 10.1 Å².